The third-order valence-electron chi connectivity index (χ3n) is 6.26. The third-order valence-corrected chi connectivity index (χ3v) is 7.42. The molecule has 0 aliphatic carbocycles. The summed E-state index contributed by atoms with van der Waals surface area (Å²) in [6.45, 7) is 4.08. The SMILES string of the molecule is CNC(=O)OCc1ccccc1-c1ccc(CN2C(=O)[C@H](NC(=O)CC(C)(C)N)CSc3ccccc32)cc1. The Bertz CT molecular complexity index is 1340. The molecule has 0 spiro atoms. The summed E-state index contributed by atoms with van der Waals surface area (Å²) >= 11 is 1.56. The second kappa shape index (κ2) is 12.4. The van der Waals surface area contributed by atoms with Crippen molar-refractivity contribution in [2.45, 2.75) is 49.9 Å². The number of carbonyl (C=O) groups excluding carboxylic acids is 3. The zero-order valence-electron chi connectivity index (χ0n) is 22.4. The third kappa shape index (κ3) is 7.40. The van der Waals surface area contributed by atoms with Crippen LogP contribution in [-0.4, -0.2) is 42.3 Å². The van der Waals surface area contributed by atoms with Crippen LogP contribution >= 0.6 is 11.8 Å². The van der Waals surface area contributed by atoms with Crippen LogP contribution in [0.15, 0.2) is 77.7 Å². The van der Waals surface area contributed by atoms with E-state index >= 15 is 0 Å². The Morgan fingerprint density at radius 2 is 1.74 bits per heavy atom. The fourth-order valence-corrected chi connectivity index (χ4v) is 5.47. The first kappa shape index (κ1) is 28.2. The zero-order valence-corrected chi connectivity index (χ0v) is 23.2. The normalized spacial score (nSPS) is 15.2. The predicted octanol–water partition coefficient (Wildman–Crippen LogP) is 4.46. The number of hydrogen-bond donors (Lipinski definition) is 3. The van der Waals surface area contributed by atoms with Crippen molar-refractivity contribution in [3.8, 4) is 11.1 Å². The van der Waals surface area contributed by atoms with Gasteiger partial charge in [0.15, 0.2) is 0 Å². The molecular weight excluding hydrogens is 512 g/mol. The van der Waals surface area contributed by atoms with Gasteiger partial charge in [0.25, 0.3) is 5.91 Å². The molecule has 204 valence electrons. The van der Waals surface area contributed by atoms with E-state index in [1.807, 2.05) is 72.8 Å². The van der Waals surface area contributed by atoms with Gasteiger partial charge in [-0.25, -0.2) is 4.79 Å². The van der Waals surface area contributed by atoms with E-state index in [0.29, 0.717) is 12.3 Å². The molecule has 3 amide bonds. The zero-order chi connectivity index (χ0) is 28.0. The Morgan fingerprint density at radius 1 is 1.05 bits per heavy atom. The maximum absolute atomic E-state index is 13.7. The van der Waals surface area contributed by atoms with E-state index in [2.05, 4.69) is 10.6 Å². The van der Waals surface area contributed by atoms with Crippen LogP contribution in [0.4, 0.5) is 10.5 Å². The Labute approximate surface area is 233 Å². The molecule has 8 nitrogen and oxygen atoms in total. The molecule has 3 aromatic carbocycles. The molecule has 0 saturated heterocycles. The molecule has 0 fully saturated rings. The highest BCUT2D eigenvalue weighted by Crippen LogP contribution is 2.35. The first-order valence-corrected chi connectivity index (χ1v) is 13.8. The first-order valence-electron chi connectivity index (χ1n) is 12.8. The molecule has 0 saturated carbocycles. The predicted molar refractivity (Wildman–Crippen MR) is 154 cm³/mol. The Kier molecular flexibility index (Phi) is 8.93. The Balaban J connectivity index is 1.55. The minimum atomic E-state index is -0.664. The van der Waals surface area contributed by atoms with Gasteiger partial charge in [-0.1, -0.05) is 60.7 Å². The lowest BCUT2D eigenvalue weighted by Gasteiger charge is -2.27. The number of rotatable bonds is 8. The van der Waals surface area contributed by atoms with Crippen molar-refractivity contribution >= 4 is 35.4 Å². The number of alkyl carbamates (subject to hydrolysis) is 1. The van der Waals surface area contributed by atoms with Crippen LogP contribution < -0.4 is 21.3 Å². The summed E-state index contributed by atoms with van der Waals surface area (Å²) in [6, 6.07) is 22.9. The van der Waals surface area contributed by atoms with E-state index < -0.39 is 17.7 Å². The number of nitrogens with zero attached hydrogens (tertiary/aromatic N) is 1. The second-order valence-corrected chi connectivity index (χ2v) is 11.2. The van der Waals surface area contributed by atoms with Gasteiger partial charge in [-0.05, 0) is 48.2 Å². The van der Waals surface area contributed by atoms with Gasteiger partial charge in [0.1, 0.15) is 12.6 Å². The smallest absolute Gasteiger partial charge is 0.407 e. The van der Waals surface area contributed by atoms with Crippen molar-refractivity contribution in [1.29, 1.82) is 0 Å². The number of carbonyl (C=O) groups is 3. The Hall–Kier alpha value is -3.82. The highest BCUT2D eigenvalue weighted by Gasteiger charge is 2.32. The molecule has 3 aromatic rings. The molecule has 1 aliphatic rings. The summed E-state index contributed by atoms with van der Waals surface area (Å²) in [7, 11) is 1.52. The number of nitrogens with one attached hydrogen (secondary N) is 2. The van der Waals surface area contributed by atoms with Crippen LogP contribution in [-0.2, 0) is 27.5 Å². The van der Waals surface area contributed by atoms with Crippen molar-refractivity contribution in [2.75, 3.05) is 17.7 Å². The highest BCUT2D eigenvalue weighted by atomic mass is 32.2. The molecule has 0 aromatic heterocycles. The lowest BCUT2D eigenvalue weighted by molar-refractivity contribution is -0.127. The number of hydrogen-bond acceptors (Lipinski definition) is 6. The van der Waals surface area contributed by atoms with Gasteiger partial charge in [0, 0.05) is 29.7 Å². The van der Waals surface area contributed by atoms with Gasteiger partial charge in [-0.3, -0.25) is 9.59 Å². The number of thioether (sulfide) groups is 1. The van der Waals surface area contributed by atoms with Crippen molar-refractivity contribution < 1.29 is 19.1 Å². The van der Waals surface area contributed by atoms with Gasteiger partial charge < -0.3 is 26.0 Å². The number of benzene rings is 3. The van der Waals surface area contributed by atoms with Gasteiger partial charge in [0.2, 0.25) is 5.91 Å². The summed E-state index contributed by atoms with van der Waals surface area (Å²) in [5.74, 6) is 0.0453. The molecule has 0 bridgehead atoms. The molecule has 1 aliphatic heterocycles. The fraction of sp³-hybridized carbons (Fsp3) is 0.300. The van der Waals surface area contributed by atoms with Crippen LogP contribution in [0, 0.1) is 0 Å². The van der Waals surface area contributed by atoms with Gasteiger partial charge in [0.05, 0.1) is 12.2 Å². The first-order chi connectivity index (χ1) is 18.6. The molecular formula is C30H34N4O4S. The molecule has 9 heteroatoms. The maximum Gasteiger partial charge on any atom is 0.407 e. The van der Waals surface area contributed by atoms with Crippen LogP contribution in [0.1, 0.15) is 31.4 Å². The number of fused-ring (bicyclic) bond motifs is 1. The topological polar surface area (TPSA) is 114 Å². The van der Waals surface area contributed by atoms with E-state index in [0.717, 1.165) is 32.8 Å². The summed E-state index contributed by atoms with van der Waals surface area (Å²) in [5.41, 5.74) is 9.95. The molecule has 1 atom stereocenters. The lowest BCUT2D eigenvalue weighted by Crippen LogP contribution is -2.51. The molecule has 4 rings (SSSR count). The molecule has 4 N–H and O–H groups in total. The monoisotopic (exact) mass is 546 g/mol. The average Bonchev–Trinajstić information content (AvgIpc) is 3.03. The minimum Gasteiger partial charge on any atom is -0.445 e. The molecule has 0 radical (unpaired) electrons. The standard InChI is InChI=1S/C30H34N4O4S/c1-30(2,31)16-27(35)33-24-19-39-26-11-7-6-10-25(26)34(28(24)36)17-20-12-14-21(15-13-20)23-9-5-4-8-22(23)18-38-29(37)32-3/h4-15,24H,16-19,31H2,1-3H3,(H,32,37)(H,33,35)/t24-/m1/s1. The minimum absolute atomic E-state index is 0.130. The molecule has 0 unspecified atom stereocenters. The van der Waals surface area contributed by atoms with Crippen molar-refractivity contribution in [3.05, 3.63) is 83.9 Å². The van der Waals surface area contributed by atoms with Gasteiger partial charge in [-0.15, -0.1) is 11.8 Å². The maximum atomic E-state index is 13.7. The van der Waals surface area contributed by atoms with Crippen LogP contribution in [0.2, 0.25) is 0 Å². The summed E-state index contributed by atoms with van der Waals surface area (Å²) < 4.78 is 5.25. The van der Waals surface area contributed by atoms with Crippen molar-refractivity contribution in [2.24, 2.45) is 5.73 Å². The fourth-order valence-electron chi connectivity index (χ4n) is 4.39. The van der Waals surface area contributed by atoms with E-state index in [1.165, 1.54) is 7.05 Å². The highest BCUT2D eigenvalue weighted by molar-refractivity contribution is 7.99. The number of ether oxygens (including phenoxy) is 1. The van der Waals surface area contributed by atoms with Crippen LogP contribution in [0.3, 0.4) is 0 Å². The second-order valence-electron chi connectivity index (χ2n) is 10.2. The number of nitrogens with two attached hydrogens (primary N) is 1. The number of anilines is 1. The van der Waals surface area contributed by atoms with Gasteiger partial charge >= 0.3 is 6.09 Å². The van der Waals surface area contributed by atoms with Crippen LogP contribution in [0.5, 0.6) is 0 Å². The summed E-state index contributed by atoms with van der Waals surface area (Å²) in [4.78, 5) is 40.6. The summed E-state index contributed by atoms with van der Waals surface area (Å²) in [5, 5.41) is 5.36. The largest absolute Gasteiger partial charge is 0.445 e. The van der Waals surface area contributed by atoms with E-state index in [9.17, 15) is 14.4 Å². The van der Waals surface area contributed by atoms with E-state index in [-0.39, 0.29) is 24.8 Å². The quantitative estimate of drug-likeness (QED) is 0.384. The van der Waals surface area contributed by atoms with Crippen LogP contribution in [0.25, 0.3) is 11.1 Å². The Morgan fingerprint density at radius 3 is 2.46 bits per heavy atom. The van der Waals surface area contributed by atoms with Gasteiger partial charge in [-0.2, -0.15) is 0 Å². The lowest BCUT2D eigenvalue weighted by atomic mass is 9.99. The number of para-hydroxylation sites is 1. The van der Waals surface area contributed by atoms with Crippen molar-refractivity contribution in [3.63, 3.8) is 0 Å². The summed E-state index contributed by atoms with van der Waals surface area (Å²) in [6.07, 6.45) is -0.354. The molecule has 1 heterocycles. The average molecular weight is 547 g/mol. The number of amides is 3. The van der Waals surface area contributed by atoms with E-state index in [1.54, 1.807) is 30.5 Å². The molecule has 39 heavy (non-hydrogen) atoms. The van der Waals surface area contributed by atoms with Crippen molar-refractivity contribution in [1.82, 2.24) is 10.6 Å². The van der Waals surface area contributed by atoms with E-state index in [4.69, 9.17) is 10.5 Å².